The van der Waals surface area contributed by atoms with Crippen LogP contribution in [0.1, 0.15) is 16.4 Å². The van der Waals surface area contributed by atoms with Crippen LogP contribution in [0.5, 0.6) is 0 Å². The number of aryl methyl sites for hydroxylation is 1. The van der Waals surface area contributed by atoms with Crippen LogP contribution in [0, 0.1) is 6.92 Å². The van der Waals surface area contributed by atoms with Gasteiger partial charge in [0.15, 0.2) is 11.6 Å². The van der Waals surface area contributed by atoms with E-state index in [0.717, 1.165) is 0 Å². The number of carbonyl (C=O) groups is 1. The van der Waals surface area contributed by atoms with Crippen molar-refractivity contribution in [2.45, 2.75) is 6.92 Å². The number of hydrogen-bond acceptors (Lipinski definition) is 4. The van der Waals surface area contributed by atoms with Crippen molar-refractivity contribution in [2.24, 2.45) is 5.73 Å². The van der Waals surface area contributed by atoms with Gasteiger partial charge in [-0.05, 0) is 0 Å². The fourth-order valence-electron chi connectivity index (χ4n) is 0.619. The molecule has 5 nitrogen and oxygen atoms in total. The highest BCUT2D eigenvalue weighted by Crippen LogP contribution is 2.10. The highest BCUT2D eigenvalue weighted by molar-refractivity contribution is 5.94. The molecule has 1 amide bonds. The molecule has 0 aliphatic heterocycles. The van der Waals surface area contributed by atoms with Crippen molar-refractivity contribution in [3.05, 3.63) is 11.6 Å². The van der Waals surface area contributed by atoms with Gasteiger partial charge in [-0.1, -0.05) is 0 Å². The number of aromatic nitrogens is 1. The van der Waals surface area contributed by atoms with Crippen LogP contribution in [0.2, 0.25) is 0 Å². The highest BCUT2D eigenvalue weighted by atomic mass is 16.4. The van der Waals surface area contributed by atoms with E-state index in [1.165, 1.54) is 0 Å². The van der Waals surface area contributed by atoms with E-state index < -0.39 is 5.91 Å². The molecule has 0 unspecified atom stereocenters. The third-order valence-corrected chi connectivity index (χ3v) is 0.994. The van der Waals surface area contributed by atoms with Gasteiger partial charge >= 0.3 is 0 Å². The molecule has 0 radical (unpaired) electrons. The summed E-state index contributed by atoms with van der Waals surface area (Å²) < 4.78 is 4.74. The Morgan fingerprint density at radius 3 is 2.50 bits per heavy atom. The van der Waals surface area contributed by atoms with Gasteiger partial charge in [-0.2, -0.15) is 0 Å². The molecule has 0 atom stereocenters. The molecule has 0 aliphatic rings. The van der Waals surface area contributed by atoms with Gasteiger partial charge < -0.3 is 15.9 Å². The molecule has 10 heavy (non-hydrogen) atoms. The Hall–Kier alpha value is -1.52. The molecular formula is C5H7N3O2. The van der Waals surface area contributed by atoms with E-state index in [4.69, 9.17) is 15.9 Å². The average Bonchev–Trinajstić information content (AvgIpc) is 2.10. The average molecular weight is 141 g/mol. The third-order valence-electron chi connectivity index (χ3n) is 0.994. The van der Waals surface area contributed by atoms with Gasteiger partial charge in [0, 0.05) is 6.92 Å². The van der Waals surface area contributed by atoms with E-state index in [0.29, 0.717) is 5.89 Å². The summed E-state index contributed by atoms with van der Waals surface area (Å²) in [6, 6.07) is 0. The fourth-order valence-corrected chi connectivity index (χ4v) is 0.619. The molecule has 0 spiro atoms. The summed E-state index contributed by atoms with van der Waals surface area (Å²) in [6.07, 6.45) is 0. The van der Waals surface area contributed by atoms with Gasteiger partial charge in [-0.25, -0.2) is 4.98 Å². The maximum atomic E-state index is 10.5. The summed E-state index contributed by atoms with van der Waals surface area (Å²) in [6.45, 7) is 1.59. The van der Waals surface area contributed by atoms with Crippen LogP contribution in [0.3, 0.4) is 0 Å². The first-order valence-corrected chi connectivity index (χ1v) is 2.64. The van der Waals surface area contributed by atoms with Crippen LogP contribution in [-0.4, -0.2) is 10.9 Å². The Morgan fingerprint density at radius 2 is 2.30 bits per heavy atom. The smallest absolute Gasteiger partial charge is 0.272 e. The van der Waals surface area contributed by atoms with Gasteiger partial charge in [-0.15, -0.1) is 0 Å². The SMILES string of the molecule is Cc1nc(C(N)=O)c(N)o1. The molecule has 5 heteroatoms. The predicted octanol–water partition coefficient (Wildman–Crippen LogP) is -0.336. The molecule has 1 aromatic heterocycles. The summed E-state index contributed by atoms with van der Waals surface area (Å²) >= 11 is 0. The van der Waals surface area contributed by atoms with Gasteiger partial charge in [0.05, 0.1) is 0 Å². The molecule has 1 aromatic rings. The second-order valence-electron chi connectivity index (χ2n) is 1.81. The molecule has 0 fully saturated rings. The number of amides is 1. The van der Waals surface area contributed by atoms with Crippen LogP contribution in [0.15, 0.2) is 4.42 Å². The topological polar surface area (TPSA) is 95.1 Å². The number of hydrogen-bond donors (Lipinski definition) is 2. The Morgan fingerprint density at radius 1 is 1.70 bits per heavy atom. The molecule has 54 valence electrons. The van der Waals surface area contributed by atoms with E-state index in [1.807, 2.05) is 0 Å². The molecule has 0 aliphatic carbocycles. The molecule has 0 saturated heterocycles. The fraction of sp³-hybridized carbons (Fsp3) is 0.200. The van der Waals surface area contributed by atoms with E-state index >= 15 is 0 Å². The highest BCUT2D eigenvalue weighted by Gasteiger charge is 2.11. The van der Waals surface area contributed by atoms with Gasteiger partial charge in [0.2, 0.25) is 5.88 Å². The lowest BCUT2D eigenvalue weighted by atomic mass is 10.4. The van der Waals surface area contributed by atoms with Gasteiger partial charge in [-0.3, -0.25) is 4.79 Å². The van der Waals surface area contributed by atoms with Crippen molar-refractivity contribution in [1.29, 1.82) is 0 Å². The van der Waals surface area contributed by atoms with E-state index in [2.05, 4.69) is 4.98 Å². The maximum Gasteiger partial charge on any atom is 0.272 e. The Balaban J connectivity index is 3.15. The van der Waals surface area contributed by atoms with Crippen molar-refractivity contribution >= 4 is 11.8 Å². The Bertz CT molecular complexity index is 266. The summed E-state index contributed by atoms with van der Waals surface area (Å²) in [5.41, 5.74) is 10.1. The normalized spacial score (nSPS) is 9.70. The van der Waals surface area contributed by atoms with Gasteiger partial charge in [0.25, 0.3) is 5.91 Å². The van der Waals surface area contributed by atoms with Crippen molar-refractivity contribution in [3.8, 4) is 0 Å². The summed E-state index contributed by atoms with van der Waals surface area (Å²) in [4.78, 5) is 14.1. The molecule has 0 bridgehead atoms. The minimum absolute atomic E-state index is 0.00231. The number of primary amides is 1. The van der Waals surface area contributed by atoms with Crippen molar-refractivity contribution in [1.82, 2.24) is 4.98 Å². The largest absolute Gasteiger partial charge is 0.425 e. The number of rotatable bonds is 1. The van der Waals surface area contributed by atoms with Crippen molar-refractivity contribution in [2.75, 3.05) is 5.73 Å². The Labute approximate surface area is 57.0 Å². The molecule has 1 heterocycles. The maximum absolute atomic E-state index is 10.5. The lowest BCUT2D eigenvalue weighted by Crippen LogP contribution is -2.13. The zero-order valence-electron chi connectivity index (χ0n) is 5.42. The summed E-state index contributed by atoms with van der Waals surface area (Å²) in [5.74, 6) is -0.356. The summed E-state index contributed by atoms with van der Waals surface area (Å²) in [5, 5.41) is 0. The Kier molecular flexibility index (Phi) is 1.33. The molecule has 4 N–H and O–H groups in total. The lowest BCUT2D eigenvalue weighted by molar-refractivity contribution is 0.0996. The second-order valence-corrected chi connectivity index (χ2v) is 1.81. The first kappa shape index (κ1) is 6.60. The number of nitrogens with two attached hydrogens (primary N) is 2. The predicted molar refractivity (Wildman–Crippen MR) is 34.2 cm³/mol. The first-order valence-electron chi connectivity index (χ1n) is 2.64. The summed E-state index contributed by atoms with van der Waals surface area (Å²) in [7, 11) is 0. The standard InChI is InChI=1S/C5H7N3O2/c1-2-8-3(4(6)9)5(7)10-2/h7H2,1H3,(H2,6,9). The van der Waals surface area contributed by atoms with E-state index in [9.17, 15) is 4.79 Å². The zero-order chi connectivity index (χ0) is 7.72. The van der Waals surface area contributed by atoms with Crippen LogP contribution >= 0.6 is 0 Å². The van der Waals surface area contributed by atoms with Crippen LogP contribution in [0.25, 0.3) is 0 Å². The number of carbonyl (C=O) groups excluding carboxylic acids is 1. The van der Waals surface area contributed by atoms with Crippen molar-refractivity contribution in [3.63, 3.8) is 0 Å². The third kappa shape index (κ3) is 0.928. The minimum Gasteiger partial charge on any atom is -0.425 e. The second kappa shape index (κ2) is 2.02. The van der Waals surface area contributed by atoms with Crippen LogP contribution in [0.4, 0.5) is 5.88 Å². The van der Waals surface area contributed by atoms with E-state index in [1.54, 1.807) is 6.92 Å². The lowest BCUT2D eigenvalue weighted by Gasteiger charge is -1.84. The quantitative estimate of drug-likeness (QED) is 0.559. The zero-order valence-corrected chi connectivity index (χ0v) is 5.42. The number of anilines is 1. The number of nitrogen functional groups attached to an aromatic ring is 1. The van der Waals surface area contributed by atoms with Crippen LogP contribution < -0.4 is 11.5 Å². The number of oxazole rings is 1. The first-order chi connectivity index (χ1) is 4.61. The number of nitrogens with zero attached hydrogens (tertiary/aromatic N) is 1. The monoisotopic (exact) mass is 141 g/mol. The molecular weight excluding hydrogens is 134 g/mol. The van der Waals surface area contributed by atoms with E-state index in [-0.39, 0.29) is 11.6 Å². The minimum atomic E-state index is -0.672. The van der Waals surface area contributed by atoms with Crippen LogP contribution in [-0.2, 0) is 0 Å². The molecule has 0 aromatic carbocycles. The van der Waals surface area contributed by atoms with Crippen molar-refractivity contribution < 1.29 is 9.21 Å². The molecule has 0 saturated carbocycles. The van der Waals surface area contributed by atoms with Gasteiger partial charge in [0.1, 0.15) is 0 Å². The molecule has 1 rings (SSSR count).